The van der Waals surface area contributed by atoms with E-state index in [0.717, 1.165) is 4.90 Å². The molecule has 0 aromatic carbocycles. The fraction of sp³-hybridized carbons (Fsp3) is 0.778. The summed E-state index contributed by atoms with van der Waals surface area (Å²) in [6.45, 7) is 1.63. The zero-order valence-electron chi connectivity index (χ0n) is 7.97. The van der Waals surface area contributed by atoms with Crippen LogP contribution in [0.5, 0.6) is 0 Å². The summed E-state index contributed by atoms with van der Waals surface area (Å²) in [7, 11) is 0. The van der Waals surface area contributed by atoms with Gasteiger partial charge in [-0.1, -0.05) is 0 Å². The summed E-state index contributed by atoms with van der Waals surface area (Å²) in [6.07, 6.45) is -0.370. The molecule has 2 heterocycles. The van der Waals surface area contributed by atoms with E-state index in [0.29, 0.717) is 12.8 Å². The second-order valence-electron chi connectivity index (χ2n) is 3.83. The highest BCUT2D eigenvalue weighted by Gasteiger charge is 2.46. The topological polar surface area (TPSA) is 66.8 Å². The molecule has 0 saturated carbocycles. The van der Waals surface area contributed by atoms with Gasteiger partial charge in [0.05, 0.1) is 12.6 Å². The molecule has 0 radical (unpaired) electrons. The lowest BCUT2D eigenvalue weighted by Gasteiger charge is -2.30. The van der Waals surface area contributed by atoms with Crippen molar-refractivity contribution in [1.29, 1.82) is 0 Å². The molecule has 2 rings (SSSR count). The van der Waals surface area contributed by atoms with Gasteiger partial charge in [0, 0.05) is 0 Å². The van der Waals surface area contributed by atoms with Gasteiger partial charge in [-0.3, -0.25) is 14.5 Å². The number of nitrogens with zero attached hydrogens (tertiary/aromatic N) is 1. The first-order valence-corrected chi connectivity index (χ1v) is 4.78. The quantitative estimate of drug-likeness (QED) is 0.596. The number of β-amino-alcohol motifs (C(OH)–C–C–N with tert-alkyl or cyclic N) is 1. The summed E-state index contributed by atoms with van der Waals surface area (Å²) in [5.74, 6) is -0.602. The summed E-state index contributed by atoms with van der Waals surface area (Å²) in [6, 6.07) is 0. The van der Waals surface area contributed by atoms with Gasteiger partial charge in [0.25, 0.3) is 11.8 Å². The largest absolute Gasteiger partial charge is 0.392 e. The predicted molar refractivity (Wildman–Crippen MR) is 46.3 cm³/mol. The van der Waals surface area contributed by atoms with Crippen LogP contribution in [-0.2, 0) is 14.3 Å². The average Bonchev–Trinajstić information content (AvgIpc) is 2.55. The van der Waals surface area contributed by atoms with Crippen molar-refractivity contribution in [3.05, 3.63) is 0 Å². The van der Waals surface area contributed by atoms with Gasteiger partial charge in [-0.2, -0.15) is 0 Å². The Labute approximate surface area is 81.6 Å². The monoisotopic (exact) mass is 199 g/mol. The highest BCUT2D eigenvalue weighted by molar-refractivity contribution is 6.02. The fourth-order valence-corrected chi connectivity index (χ4v) is 1.90. The van der Waals surface area contributed by atoms with Crippen LogP contribution in [0.1, 0.15) is 19.8 Å². The fourth-order valence-electron chi connectivity index (χ4n) is 1.90. The van der Waals surface area contributed by atoms with Crippen molar-refractivity contribution in [3.63, 3.8) is 0 Å². The molecule has 2 fully saturated rings. The standard InChI is InChI=1S/C9H13NO4/c1-5(11)4-10-8(12)6-2-3-7(14-6)9(10)13/h5-7,11H,2-4H2,1H3. The molecule has 3 atom stereocenters. The minimum absolute atomic E-state index is 0.0774. The summed E-state index contributed by atoms with van der Waals surface area (Å²) in [4.78, 5) is 24.3. The summed E-state index contributed by atoms with van der Waals surface area (Å²) in [5.41, 5.74) is 0. The van der Waals surface area contributed by atoms with Crippen molar-refractivity contribution >= 4 is 11.8 Å². The molecule has 0 aliphatic carbocycles. The molecule has 78 valence electrons. The SMILES string of the molecule is CC(O)CN1C(=O)C2CCC(O2)C1=O. The zero-order valence-corrected chi connectivity index (χ0v) is 7.97. The molecule has 0 aromatic rings. The van der Waals surface area contributed by atoms with E-state index in [-0.39, 0.29) is 18.4 Å². The highest BCUT2D eigenvalue weighted by Crippen LogP contribution is 2.28. The van der Waals surface area contributed by atoms with E-state index in [9.17, 15) is 9.59 Å². The van der Waals surface area contributed by atoms with Crippen molar-refractivity contribution in [2.45, 2.75) is 38.1 Å². The van der Waals surface area contributed by atoms with E-state index in [1.165, 1.54) is 0 Å². The Balaban J connectivity index is 2.15. The minimum Gasteiger partial charge on any atom is -0.392 e. The third-order valence-corrected chi connectivity index (χ3v) is 2.55. The van der Waals surface area contributed by atoms with Crippen LogP contribution < -0.4 is 0 Å². The number of aliphatic hydroxyl groups is 1. The maximum Gasteiger partial charge on any atom is 0.258 e. The van der Waals surface area contributed by atoms with Gasteiger partial charge in [0.1, 0.15) is 12.2 Å². The van der Waals surface area contributed by atoms with E-state index < -0.39 is 18.3 Å². The second-order valence-corrected chi connectivity index (χ2v) is 3.83. The molecule has 5 heteroatoms. The van der Waals surface area contributed by atoms with Gasteiger partial charge >= 0.3 is 0 Å². The molecule has 2 bridgehead atoms. The van der Waals surface area contributed by atoms with Crippen LogP contribution in [0.25, 0.3) is 0 Å². The van der Waals surface area contributed by atoms with Crippen molar-refractivity contribution in [2.75, 3.05) is 6.54 Å². The van der Waals surface area contributed by atoms with Crippen LogP contribution in [0.3, 0.4) is 0 Å². The molecule has 2 aliphatic heterocycles. The molecule has 2 saturated heterocycles. The number of aliphatic hydroxyl groups excluding tert-OH is 1. The van der Waals surface area contributed by atoms with Crippen LogP contribution in [0, 0.1) is 0 Å². The smallest absolute Gasteiger partial charge is 0.258 e. The third-order valence-electron chi connectivity index (χ3n) is 2.55. The molecule has 0 spiro atoms. The number of likely N-dealkylation sites (tertiary alicyclic amines) is 1. The van der Waals surface area contributed by atoms with Crippen molar-refractivity contribution in [3.8, 4) is 0 Å². The van der Waals surface area contributed by atoms with E-state index in [2.05, 4.69) is 0 Å². The predicted octanol–water partition coefficient (Wildman–Crippen LogP) is -0.716. The van der Waals surface area contributed by atoms with E-state index in [4.69, 9.17) is 9.84 Å². The Hall–Kier alpha value is -0.940. The molecule has 3 unspecified atom stereocenters. The molecular formula is C9H13NO4. The first kappa shape index (κ1) is 9.61. The minimum atomic E-state index is -0.680. The molecule has 1 N–H and O–H groups in total. The van der Waals surface area contributed by atoms with E-state index in [1.54, 1.807) is 6.92 Å². The zero-order chi connectivity index (χ0) is 10.3. The first-order chi connectivity index (χ1) is 6.59. The Kier molecular flexibility index (Phi) is 2.28. The van der Waals surface area contributed by atoms with E-state index in [1.807, 2.05) is 0 Å². The number of hydrogen-bond acceptors (Lipinski definition) is 4. The Morgan fingerprint density at radius 3 is 2.36 bits per heavy atom. The lowest BCUT2D eigenvalue weighted by atomic mass is 10.2. The summed E-state index contributed by atoms with van der Waals surface area (Å²) < 4.78 is 5.21. The average molecular weight is 199 g/mol. The summed E-state index contributed by atoms with van der Waals surface area (Å²) in [5, 5.41) is 9.15. The number of imide groups is 1. The number of hydrogen-bond donors (Lipinski definition) is 1. The van der Waals surface area contributed by atoms with Crippen LogP contribution in [-0.4, -0.2) is 46.7 Å². The van der Waals surface area contributed by atoms with Gasteiger partial charge < -0.3 is 9.84 Å². The number of morpholine rings is 1. The second kappa shape index (κ2) is 3.33. The maximum atomic E-state index is 11.6. The van der Waals surface area contributed by atoms with Crippen LogP contribution >= 0.6 is 0 Å². The number of carbonyl (C=O) groups is 2. The van der Waals surface area contributed by atoms with Crippen molar-refractivity contribution in [1.82, 2.24) is 4.90 Å². The van der Waals surface area contributed by atoms with Gasteiger partial charge in [-0.15, -0.1) is 0 Å². The van der Waals surface area contributed by atoms with Gasteiger partial charge in [0.15, 0.2) is 0 Å². The van der Waals surface area contributed by atoms with Crippen LogP contribution in [0.2, 0.25) is 0 Å². The Morgan fingerprint density at radius 1 is 1.43 bits per heavy atom. The highest BCUT2D eigenvalue weighted by atomic mass is 16.5. The molecule has 2 amide bonds. The number of amides is 2. The molecule has 0 aromatic heterocycles. The summed E-state index contributed by atoms with van der Waals surface area (Å²) >= 11 is 0. The number of ether oxygens (including phenoxy) is 1. The lowest BCUT2D eigenvalue weighted by molar-refractivity contribution is -0.169. The van der Waals surface area contributed by atoms with Crippen molar-refractivity contribution in [2.24, 2.45) is 0 Å². The Bertz CT molecular complexity index is 254. The van der Waals surface area contributed by atoms with Crippen LogP contribution in [0.15, 0.2) is 0 Å². The third kappa shape index (κ3) is 1.42. The first-order valence-electron chi connectivity index (χ1n) is 4.78. The number of fused-ring (bicyclic) bond motifs is 2. The number of rotatable bonds is 2. The Morgan fingerprint density at radius 2 is 1.93 bits per heavy atom. The van der Waals surface area contributed by atoms with Gasteiger partial charge in [-0.25, -0.2) is 0 Å². The number of carbonyl (C=O) groups excluding carboxylic acids is 2. The van der Waals surface area contributed by atoms with Gasteiger partial charge in [-0.05, 0) is 19.8 Å². The molecule has 5 nitrogen and oxygen atoms in total. The maximum absolute atomic E-state index is 11.6. The van der Waals surface area contributed by atoms with Crippen LogP contribution in [0.4, 0.5) is 0 Å². The van der Waals surface area contributed by atoms with E-state index >= 15 is 0 Å². The molecular weight excluding hydrogens is 186 g/mol. The lowest BCUT2D eigenvalue weighted by Crippen LogP contribution is -2.53. The normalized spacial score (nSPS) is 33.7. The molecule has 14 heavy (non-hydrogen) atoms. The van der Waals surface area contributed by atoms with Gasteiger partial charge in [0.2, 0.25) is 0 Å². The van der Waals surface area contributed by atoms with Crippen molar-refractivity contribution < 1.29 is 19.4 Å². The molecule has 2 aliphatic rings.